The van der Waals surface area contributed by atoms with Gasteiger partial charge in [0.05, 0.1) is 28.6 Å². The normalized spacial score (nSPS) is 12.2. The van der Waals surface area contributed by atoms with Crippen molar-refractivity contribution in [3.63, 3.8) is 0 Å². The molecule has 2 aromatic heterocycles. The summed E-state index contributed by atoms with van der Waals surface area (Å²) < 4.78 is 0. The molecule has 0 bridgehead atoms. The van der Waals surface area contributed by atoms with Gasteiger partial charge >= 0.3 is 0 Å². The lowest BCUT2D eigenvalue weighted by Crippen LogP contribution is -2.27. The second-order valence-electron chi connectivity index (χ2n) is 6.86. The van der Waals surface area contributed by atoms with Gasteiger partial charge in [-0.15, -0.1) is 11.3 Å². The van der Waals surface area contributed by atoms with E-state index in [0.717, 1.165) is 40.4 Å². The molecule has 0 aliphatic heterocycles. The third-order valence-electron chi connectivity index (χ3n) is 4.68. The number of carbonyl (C=O) groups is 1. The second-order valence-corrected chi connectivity index (χ2v) is 7.80. The van der Waals surface area contributed by atoms with E-state index < -0.39 is 0 Å². The van der Waals surface area contributed by atoms with Gasteiger partial charge in [0.1, 0.15) is 11.5 Å². The Morgan fingerprint density at radius 3 is 2.72 bits per heavy atom. The lowest BCUT2D eigenvalue weighted by Gasteiger charge is -2.13. The number of H-pyrrole nitrogens is 1. The number of amides is 1. The van der Waals surface area contributed by atoms with Gasteiger partial charge < -0.3 is 15.6 Å². The van der Waals surface area contributed by atoms with Crippen LogP contribution in [-0.2, 0) is 13.0 Å². The molecular formula is C22H23N5OS. The van der Waals surface area contributed by atoms with Crippen molar-refractivity contribution in [3.8, 4) is 0 Å². The molecule has 2 heterocycles. The largest absolute Gasteiger partial charge is 0.344 e. The van der Waals surface area contributed by atoms with Gasteiger partial charge in [0, 0.05) is 18.3 Å². The first-order chi connectivity index (χ1) is 14.2. The second kappa shape index (κ2) is 8.98. The lowest BCUT2D eigenvalue weighted by molar-refractivity contribution is 0.0935. The number of rotatable bonds is 8. The van der Waals surface area contributed by atoms with Crippen LogP contribution in [0.25, 0.3) is 11.0 Å². The van der Waals surface area contributed by atoms with Gasteiger partial charge in [-0.25, -0.2) is 9.97 Å². The van der Waals surface area contributed by atoms with Crippen molar-refractivity contribution in [2.24, 2.45) is 0 Å². The molecule has 1 atom stereocenters. The molecule has 6 nitrogen and oxygen atoms in total. The Balaban J connectivity index is 1.25. The predicted octanol–water partition coefficient (Wildman–Crippen LogP) is 3.84. The fourth-order valence-electron chi connectivity index (χ4n) is 3.12. The SMILES string of the molecule is CC(NC(=O)c1csc(CCNCc2nc3ccccc3[nH]2)n1)c1ccccc1. The molecule has 148 valence electrons. The molecule has 2 aromatic carbocycles. The maximum absolute atomic E-state index is 12.4. The number of aromatic amines is 1. The average Bonchev–Trinajstić information content (AvgIpc) is 3.38. The fraction of sp³-hybridized carbons (Fsp3) is 0.227. The van der Waals surface area contributed by atoms with E-state index in [0.29, 0.717) is 12.2 Å². The number of imidazole rings is 1. The first-order valence-corrected chi connectivity index (χ1v) is 10.5. The molecule has 0 fully saturated rings. The number of thiazole rings is 1. The van der Waals surface area contributed by atoms with Crippen LogP contribution in [0.3, 0.4) is 0 Å². The Morgan fingerprint density at radius 1 is 1.10 bits per heavy atom. The first-order valence-electron chi connectivity index (χ1n) is 9.63. The molecule has 0 radical (unpaired) electrons. The van der Waals surface area contributed by atoms with E-state index >= 15 is 0 Å². The van der Waals surface area contributed by atoms with E-state index in [1.54, 1.807) is 0 Å². The number of para-hydroxylation sites is 2. The minimum atomic E-state index is -0.140. The van der Waals surface area contributed by atoms with E-state index in [4.69, 9.17) is 0 Å². The van der Waals surface area contributed by atoms with Gasteiger partial charge in [-0.1, -0.05) is 42.5 Å². The third-order valence-corrected chi connectivity index (χ3v) is 5.59. The van der Waals surface area contributed by atoms with Crippen molar-refractivity contribution in [1.82, 2.24) is 25.6 Å². The van der Waals surface area contributed by atoms with Crippen molar-refractivity contribution in [2.45, 2.75) is 25.9 Å². The van der Waals surface area contributed by atoms with Crippen molar-refractivity contribution in [2.75, 3.05) is 6.54 Å². The topological polar surface area (TPSA) is 82.7 Å². The predicted molar refractivity (Wildman–Crippen MR) is 116 cm³/mol. The molecule has 1 amide bonds. The van der Waals surface area contributed by atoms with Crippen LogP contribution in [0.15, 0.2) is 60.0 Å². The summed E-state index contributed by atoms with van der Waals surface area (Å²) in [5.74, 6) is 0.777. The quantitative estimate of drug-likeness (QED) is 0.389. The van der Waals surface area contributed by atoms with E-state index in [9.17, 15) is 4.79 Å². The highest BCUT2D eigenvalue weighted by molar-refractivity contribution is 7.09. The molecule has 1 unspecified atom stereocenters. The standard InChI is InChI=1S/C22H23N5OS/c1-15(16-7-3-2-4-8-16)24-22(28)19-14-29-21(27-19)11-12-23-13-20-25-17-9-5-6-10-18(17)26-20/h2-10,14-15,23H,11-13H2,1H3,(H,24,28)(H,25,26). The summed E-state index contributed by atoms with van der Waals surface area (Å²) in [5, 5.41) is 9.15. The zero-order valence-electron chi connectivity index (χ0n) is 16.2. The summed E-state index contributed by atoms with van der Waals surface area (Å²) in [6, 6.07) is 17.9. The molecular weight excluding hydrogens is 382 g/mol. The summed E-state index contributed by atoms with van der Waals surface area (Å²) in [5.41, 5.74) is 3.57. The van der Waals surface area contributed by atoms with Crippen LogP contribution in [0.4, 0.5) is 0 Å². The Kier molecular flexibility index (Phi) is 5.97. The molecule has 0 saturated heterocycles. The maximum atomic E-state index is 12.4. The zero-order valence-corrected chi connectivity index (χ0v) is 17.0. The van der Waals surface area contributed by atoms with Gasteiger partial charge in [0.2, 0.25) is 0 Å². The minimum Gasteiger partial charge on any atom is -0.344 e. The third kappa shape index (κ3) is 4.88. The molecule has 4 aromatic rings. The highest BCUT2D eigenvalue weighted by atomic mass is 32.1. The van der Waals surface area contributed by atoms with Crippen LogP contribution in [0, 0.1) is 0 Å². The molecule has 0 aliphatic carbocycles. The minimum absolute atomic E-state index is 0.0562. The van der Waals surface area contributed by atoms with Crippen LogP contribution in [-0.4, -0.2) is 27.4 Å². The molecule has 3 N–H and O–H groups in total. The Bertz CT molecular complexity index is 1060. The molecule has 4 rings (SSSR count). The van der Waals surface area contributed by atoms with Crippen molar-refractivity contribution < 1.29 is 4.79 Å². The van der Waals surface area contributed by atoms with E-state index in [1.807, 2.05) is 66.9 Å². The lowest BCUT2D eigenvalue weighted by atomic mass is 10.1. The number of hydrogen-bond acceptors (Lipinski definition) is 5. The van der Waals surface area contributed by atoms with Gasteiger partial charge in [-0.2, -0.15) is 0 Å². The number of fused-ring (bicyclic) bond motifs is 1. The maximum Gasteiger partial charge on any atom is 0.271 e. The van der Waals surface area contributed by atoms with E-state index in [1.165, 1.54) is 11.3 Å². The highest BCUT2D eigenvalue weighted by Gasteiger charge is 2.14. The van der Waals surface area contributed by atoms with Crippen molar-refractivity contribution in [3.05, 3.63) is 82.1 Å². The van der Waals surface area contributed by atoms with Gasteiger partial charge in [0.25, 0.3) is 5.91 Å². The molecule has 29 heavy (non-hydrogen) atoms. The van der Waals surface area contributed by atoms with E-state index in [-0.39, 0.29) is 11.9 Å². The Morgan fingerprint density at radius 2 is 1.90 bits per heavy atom. The number of hydrogen-bond donors (Lipinski definition) is 3. The van der Waals surface area contributed by atoms with Crippen molar-refractivity contribution >= 4 is 28.3 Å². The van der Waals surface area contributed by atoms with Crippen LogP contribution >= 0.6 is 11.3 Å². The monoisotopic (exact) mass is 405 g/mol. The summed E-state index contributed by atoms with van der Waals surface area (Å²) >= 11 is 1.52. The Labute approximate surface area is 173 Å². The smallest absolute Gasteiger partial charge is 0.271 e. The molecule has 0 spiro atoms. The number of nitrogens with zero attached hydrogens (tertiary/aromatic N) is 2. The van der Waals surface area contributed by atoms with Crippen LogP contribution < -0.4 is 10.6 Å². The number of benzene rings is 2. The fourth-order valence-corrected chi connectivity index (χ4v) is 3.90. The average molecular weight is 406 g/mol. The summed E-state index contributed by atoms with van der Waals surface area (Å²) in [6.45, 7) is 3.41. The Hall–Kier alpha value is -3.03. The van der Waals surface area contributed by atoms with Crippen molar-refractivity contribution in [1.29, 1.82) is 0 Å². The van der Waals surface area contributed by atoms with Crippen LogP contribution in [0.2, 0.25) is 0 Å². The molecule has 0 saturated carbocycles. The summed E-state index contributed by atoms with van der Waals surface area (Å²) in [4.78, 5) is 24.8. The summed E-state index contributed by atoms with van der Waals surface area (Å²) in [6.07, 6.45) is 0.770. The van der Waals surface area contributed by atoms with E-state index in [2.05, 4.69) is 25.6 Å². The molecule has 0 aliphatic rings. The summed E-state index contributed by atoms with van der Waals surface area (Å²) in [7, 11) is 0. The van der Waals surface area contributed by atoms with Crippen LogP contribution in [0.1, 0.15) is 39.8 Å². The van der Waals surface area contributed by atoms with Gasteiger partial charge in [-0.05, 0) is 24.6 Å². The first kappa shape index (κ1) is 19.3. The zero-order chi connectivity index (χ0) is 20.1. The molecule has 7 heteroatoms. The highest BCUT2D eigenvalue weighted by Crippen LogP contribution is 2.15. The number of aromatic nitrogens is 3. The van der Waals surface area contributed by atoms with Gasteiger partial charge in [-0.3, -0.25) is 4.79 Å². The van der Waals surface area contributed by atoms with Crippen LogP contribution in [0.5, 0.6) is 0 Å². The number of carbonyl (C=O) groups excluding carboxylic acids is 1. The van der Waals surface area contributed by atoms with Gasteiger partial charge in [0.15, 0.2) is 0 Å². The number of nitrogens with one attached hydrogen (secondary N) is 3.